The highest BCUT2D eigenvalue weighted by Crippen LogP contribution is 2.27. The third-order valence-corrected chi connectivity index (χ3v) is 24.0. The normalized spacial score (nSPS) is 23.8. The average molecular weight is 1830 g/mol. The average Bonchev–Trinajstić information content (AvgIpc) is 1.66. The van der Waals surface area contributed by atoms with Crippen molar-refractivity contribution in [1.29, 1.82) is 0 Å². The number of para-hydroxylation sites is 2. The number of primary amides is 2. The maximum Gasteiger partial charge on any atom is 0.245 e. The largest absolute Gasteiger partial charge is 0.370 e. The number of carbonyl (C=O) groups excluding carboxylic acids is 17. The number of imidazole rings is 1. The van der Waals surface area contributed by atoms with Gasteiger partial charge >= 0.3 is 0 Å². The quantitative estimate of drug-likeness (QED) is 0.0355. The summed E-state index contributed by atoms with van der Waals surface area (Å²) in [4.78, 5) is 269. The highest BCUT2D eigenvalue weighted by atomic mass is 32.2. The molecule has 17 amide bonds. The Balaban J connectivity index is 1.14. The molecule has 13 atom stereocenters. The zero-order valence-electron chi connectivity index (χ0n) is 75.5. The number of nitrogens with two attached hydrogens (primary N) is 2. The molecule has 0 saturated carbocycles. The highest BCUT2D eigenvalue weighted by molar-refractivity contribution is 8.00. The van der Waals surface area contributed by atoms with Crippen LogP contribution >= 0.6 is 11.8 Å². The number of nitrogens with zero attached hydrogens (tertiary/aromatic N) is 6. The van der Waals surface area contributed by atoms with Crippen LogP contribution in [0.25, 0.3) is 21.8 Å². The number of rotatable bonds is 25. The van der Waals surface area contributed by atoms with Gasteiger partial charge in [0, 0.05) is 124 Å². The third kappa shape index (κ3) is 30.4. The van der Waals surface area contributed by atoms with Gasteiger partial charge in [0.15, 0.2) is 0 Å². The lowest BCUT2D eigenvalue weighted by Gasteiger charge is -2.36. The topological polar surface area (TPSA) is 561 Å². The summed E-state index contributed by atoms with van der Waals surface area (Å²) in [6.07, 6.45) is 11.2. The highest BCUT2D eigenvalue weighted by Gasteiger charge is 2.44. The second kappa shape index (κ2) is 51.2. The summed E-state index contributed by atoms with van der Waals surface area (Å²) in [7, 11) is 4.06. The van der Waals surface area contributed by atoms with Crippen molar-refractivity contribution in [3.63, 3.8) is 0 Å². The predicted octanol–water partition coefficient (Wildman–Crippen LogP) is 0.982. The first-order chi connectivity index (χ1) is 62.6. The summed E-state index contributed by atoms with van der Waals surface area (Å²) in [5, 5.41) is 31.2. The van der Waals surface area contributed by atoms with Gasteiger partial charge in [-0.25, -0.2) is 4.98 Å². The standard InChI is InChI=1S/C91H126N22O17S/c1-11-15-33-72-86(125)104-64(27-14-4)83(122)109-71(81(120)99-49-76(93)115)50-131-51-78(117)102-70(43-57-28-21-23-37-95-57)88(127)110(8)54(7)79(118)105-67(45-75(92)114)80(119)96-38-24-22-36-77(116)101-66(44-58-48-94-52-100-58)85(124)107-68(40-53(5)6)90(129)113-39-25-35-73(113)87(126)106-65(41-55-46-97-61-31-19-17-29-59(55)61)84(123)103-63(26-13-3)82(121)108-69(42-56-47-98-62-32-20-18-30-60(56)62)89(128)112(10)74(34-16-12-2)91(130)111(72)9/h13-14,17-21,23,28-32,37,46-48,52-54,63-74,97-98H,3-4,11-12,15-16,22,24-27,33-36,38-45,49-51H2,1-2,5-10H3,(H2,92,114)(H2,93,115)(H,94,100)(H,96,119)(H,99,120)(H,101,116)(H,102,117)(H,103,123)(H,104,125)(H,105,118)(H,106,126)(H,107,124)(H,108,121)(H,109,122)/t54-,63-,64-,65-,66-,67-,68-,69-,70-,71-,72-,73-,74-/m0/s1. The van der Waals surface area contributed by atoms with Crippen LogP contribution < -0.4 is 70.0 Å². The number of amides is 17. The molecule has 0 aliphatic carbocycles. The van der Waals surface area contributed by atoms with E-state index < -0.39 is 198 Å². The SMILES string of the molecule is C=CC[C@@H]1NC(=O)[C@H](Cc2c[nH]c3ccccc23)NC(=O)[C@@H]2CCCN2C(=O)[C@H](CC(C)C)NC(=O)[C@H](Cc2c[nH]cn2)NC(=O)CCCCNC(=O)[C@H](CC(N)=O)NC(=O)[C@H](C)N(C)C(=O)[C@H](Cc2ccccn2)NC(=O)CSC[C@@H](C(=O)NCC(N)=O)NC(=O)[C@H](CC=C)NC(=O)[C@H](CCCC)N(C)C(=O)[C@H](CCCC)N(C)C(=O)[C@H](Cc2c[nH]c3ccccc23)NC1=O. The molecule has 8 rings (SSSR count). The second-order valence-electron chi connectivity index (χ2n) is 33.4. The van der Waals surface area contributed by atoms with Gasteiger partial charge in [-0.2, -0.15) is 0 Å². The van der Waals surface area contributed by atoms with E-state index >= 15 is 33.6 Å². The molecule has 2 fully saturated rings. The Morgan fingerprint density at radius 2 is 1.07 bits per heavy atom. The van der Waals surface area contributed by atoms with Crippen LogP contribution in [0.4, 0.5) is 0 Å². The molecule has 131 heavy (non-hydrogen) atoms. The summed E-state index contributed by atoms with van der Waals surface area (Å²) in [6.45, 7) is 15.7. The van der Waals surface area contributed by atoms with Crippen molar-refractivity contribution in [3.8, 4) is 0 Å². The summed E-state index contributed by atoms with van der Waals surface area (Å²) in [5.41, 5.74) is 14.3. The molecule has 6 aromatic rings. The molecule has 0 spiro atoms. The van der Waals surface area contributed by atoms with Gasteiger partial charge in [0.2, 0.25) is 100 Å². The van der Waals surface area contributed by atoms with Crippen molar-refractivity contribution in [3.05, 3.63) is 146 Å². The number of aromatic amines is 3. The van der Waals surface area contributed by atoms with Crippen molar-refractivity contribution in [2.75, 3.05) is 52.3 Å². The van der Waals surface area contributed by atoms with Crippen LogP contribution in [0.3, 0.4) is 0 Å². The van der Waals surface area contributed by atoms with Crippen LogP contribution in [0.15, 0.2) is 123 Å². The summed E-state index contributed by atoms with van der Waals surface area (Å²) in [5.74, 6) is -14.9. The van der Waals surface area contributed by atoms with Crippen molar-refractivity contribution < 1.29 is 81.5 Å². The van der Waals surface area contributed by atoms with Gasteiger partial charge in [-0.05, 0) is 106 Å². The Labute approximate surface area is 765 Å². The summed E-state index contributed by atoms with van der Waals surface area (Å²) >= 11 is 0.813. The molecule has 4 aromatic heterocycles. The lowest BCUT2D eigenvalue weighted by Crippen LogP contribution is -2.61. The van der Waals surface area contributed by atoms with E-state index in [0.717, 1.165) is 16.7 Å². The first-order valence-corrected chi connectivity index (χ1v) is 45.5. The monoisotopic (exact) mass is 1830 g/mol. The summed E-state index contributed by atoms with van der Waals surface area (Å²) in [6, 6.07) is 1.18. The van der Waals surface area contributed by atoms with Gasteiger partial charge in [0.05, 0.1) is 30.7 Å². The number of fused-ring (bicyclic) bond motifs is 3. The molecule has 0 bridgehead atoms. The van der Waals surface area contributed by atoms with Gasteiger partial charge in [0.25, 0.3) is 0 Å². The molecular formula is C91H126N22O17S. The number of likely N-dealkylation sites (N-methyl/N-ethyl adjacent to an activating group) is 3. The van der Waals surface area contributed by atoms with Crippen molar-refractivity contribution in [1.82, 2.24) is 103 Å². The Morgan fingerprint density at radius 3 is 1.66 bits per heavy atom. The minimum atomic E-state index is -1.57. The first kappa shape index (κ1) is 103. The molecule has 6 heterocycles. The number of carbonyl (C=O) groups is 17. The number of unbranched alkanes of at least 4 members (excludes halogenated alkanes) is 2. The van der Waals surface area contributed by atoms with E-state index in [1.807, 2.05) is 64.1 Å². The Morgan fingerprint density at radius 1 is 0.534 bits per heavy atom. The number of H-pyrrole nitrogens is 3. The van der Waals surface area contributed by atoms with E-state index in [2.05, 4.69) is 96.6 Å². The Hall–Kier alpha value is -13.3. The number of thioether (sulfide) groups is 1. The summed E-state index contributed by atoms with van der Waals surface area (Å²) < 4.78 is 0. The molecule has 0 unspecified atom stereocenters. The Kier molecular flexibility index (Phi) is 40.3. The first-order valence-electron chi connectivity index (χ1n) is 44.4. The van der Waals surface area contributed by atoms with E-state index in [0.29, 0.717) is 76.4 Å². The fraction of sp³-hybridized carbons (Fsp3) is 0.505. The van der Waals surface area contributed by atoms with E-state index in [-0.39, 0.29) is 108 Å². The molecule has 18 N–H and O–H groups in total. The molecule has 2 aliphatic rings. The zero-order chi connectivity index (χ0) is 95.5. The van der Waals surface area contributed by atoms with Crippen molar-refractivity contribution in [2.45, 2.75) is 235 Å². The molecule has 2 saturated heterocycles. The zero-order valence-corrected chi connectivity index (χ0v) is 76.4. The molecular weight excluding hydrogens is 1710 g/mol. The molecule has 40 heteroatoms. The number of aromatic nitrogens is 5. The second-order valence-corrected chi connectivity index (χ2v) is 34.4. The number of nitrogens with one attached hydrogen (secondary N) is 14. The van der Waals surface area contributed by atoms with Gasteiger partial charge in [-0.15, -0.1) is 24.9 Å². The van der Waals surface area contributed by atoms with E-state index in [1.165, 1.54) is 73.6 Å². The number of pyridine rings is 1. The van der Waals surface area contributed by atoms with Gasteiger partial charge in [0.1, 0.15) is 78.5 Å². The number of benzene rings is 2. The van der Waals surface area contributed by atoms with Crippen LogP contribution in [-0.4, -0.2) is 276 Å². The lowest BCUT2D eigenvalue weighted by molar-refractivity contribution is -0.149. The van der Waals surface area contributed by atoms with E-state index in [9.17, 15) is 47.9 Å². The van der Waals surface area contributed by atoms with Crippen LogP contribution in [0.1, 0.15) is 153 Å². The van der Waals surface area contributed by atoms with Gasteiger partial charge in [-0.3, -0.25) is 86.5 Å². The van der Waals surface area contributed by atoms with E-state index in [4.69, 9.17) is 11.5 Å². The lowest BCUT2D eigenvalue weighted by atomic mass is 9.99. The van der Waals surface area contributed by atoms with Crippen molar-refractivity contribution in [2.24, 2.45) is 17.4 Å². The number of hydrogen-bond donors (Lipinski definition) is 16. The Bertz CT molecular complexity index is 5000. The number of hydrogen-bond acceptors (Lipinski definition) is 20. The molecule has 2 aliphatic heterocycles. The predicted molar refractivity (Wildman–Crippen MR) is 490 cm³/mol. The van der Waals surface area contributed by atoms with E-state index in [1.54, 1.807) is 42.7 Å². The third-order valence-electron chi connectivity index (χ3n) is 23.0. The maximum absolute atomic E-state index is 15.8. The van der Waals surface area contributed by atoms with Crippen LogP contribution in [-0.2, 0) is 107 Å². The smallest absolute Gasteiger partial charge is 0.245 e. The maximum atomic E-state index is 15.8. The molecule has 2 aromatic carbocycles. The minimum absolute atomic E-state index is 0.0408. The fourth-order valence-electron chi connectivity index (χ4n) is 15.7. The van der Waals surface area contributed by atoms with Gasteiger partial charge < -0.3 is 105 Å². The van der Waals surface area contributed by atoms with Crippen LogP contribution in [0.2, 0.25) is 0 Å². The van der Waals surface area contributed by atoms with Crippen LogP contribution in [0.5, 0.6) is 0 Å². The van der Waals surface area contributed by atoms with Crippen LogP contribution in [0, 0.1) is 5.92 Å². The molecule has 39 nitrogen and oxygen atoms in total. The van der Waals surface area contributed by atoms with Crippen molar-refractivity contribution >= 4 is 134 Å². The van der Waals surface area contributed by atoms with Gasteiger partial charge in [-0.1, -0.05) is 108 Å². The minimum Gasteiger partial charge on any atom is -0.370 e. The molecule has 0 radical (unpaired) electrons. The fourth-order valence-corrected chi connectivity index (χ4v) is 16.6. The molecule has 708 valence electrons.